The van der Waals surface area contributed by atoms with Crippen LogP contribution in [-0.4, -0.2) is 11.7 Å². The van der Waals surface area contributed by atoms with Gasteiger partial charge in [0.2, 0.25) is 0 Å². The second-order valence-electron chi connectivity index (χ2n) is 3.10. The number of benzene rings is 1. The van der Waals surface area contributed by atoms with Crippen molar-refractivity contribution in [3.05, 3.63) is 39.2 Å². The predicted octanol–water partition coefficient (Wildman–Crippen LogP) is 0.500. The zero-order valence-electron chi connectivity index (χ0n) is 8.31. The maximum absolute atomic E-state index is 11.3. The lowest BCUT2D eigenvalue weighted by Gasteiger charge is -2.04. The average Bonchev–Trinajstić information content (AvgIpc) is 2.25. The number of methoxy groups -OCH3 is 1. The van der Waals surface area contributed by atoms with Crippen LogP contribution in [0.3, 0.4) is 0 Å². The third kappa shape index (κ3) is 1.41. The van der Waals surface area contributed by atoms with E-state index in [1.165, 1.54) is 18.7 Å². The van der Waals surface area contributed by atoms with E-state index in [-0.39, 0.29) is 0 Å². The highest BCUT2D eigenvalue weighted by molar-refractivity contribution is 5.78. The third-order valence-electron chi connectivity index (χ3n) is 2.24. The van der Waals surface area contributed by atoms with Gasteiger partial charge in [-0.2, -0.15) is 0 Å². The fourth-order valence-corrected chi connectivity index (χ4v) is 1.39. The molecule has 0 aliphatic carbocycles. The first-order valence-electron chi connectivity index (χ1n) is 4.31. The van der Waals surface area contributed by atoms with Gasteiger partial charge in [-0.05, 0) is 12.1 Å². The number of aryl methyl sites for hydroxylation is 1. The van der Waals surface area contributed by atoms with E-state index in [9.17, 15) is 9.59 Å². The van der Waals surface area contributed by atoms with E-state index in [0.29, 0.717) is 16.7 Å². The second-order valence-corrected chi connectivity index (χ2v) is 3.10. The lowest BCUT2D eigenvalue weighted by atomic mass is 10.2. The Hall–Kier alpha value is -2.04. The average molecular weight is 207 g/mol. The maximum Gasteiger partial charge on any atom is 0.422 e. The number of hydrogen-bond acceptors (Lipinski definition) is 4. The minimum atomic E-state index is -0.680. The van der Waals surface area contributed by atoms with Gasteiger partial charge < -0.3 is 9.15 Å². The molecule has 5 heteroatoms. The van der Waals surface area contributed by atoms with Crippen molar-refractivity contribution in [3.8, 4) is 5.75 Å². The van der Waals surface area contributed by atoms with Crippen molar-refractivity contribution in [2.24, 2.45) is 7.05 Å². The summed E-state index contributed by atoms with van der Waals surface area (Å²) in [5, 5.41) is 0.359. The summed E-state index contributed by atoms with van der Waals surface area (Å²) in [5.74, 6) is -0.0937. The summed E-state index contributed by atoms with van der Waals surface area (Å²) in [7, 11) is 3.05. The molecule has 0 saturated heterocycles. The number of fused-ring (bicyclic) bond motifs is 1. The van der Waals surface area contributed by atoms with Gasteiger partial charge in [-0.1, -0.05) is 0 Å². The molecule has 1 heterocycles. The van der Waals surface area contributed by atoms with Crippen LogP contribution in [0.15, 0.2) is 32.2 Å². The molecule has 0 aliphatic rings. The molecule has 0 bridgehead atoms. The first-order valence-corrected chi connectivity index (χ1v) is 4.31. The molecule has 0 spiro atoms. The Bertz CT molecular complexity index is 623. The molecule has 0 radical (unpaired) electrons. The number of nitrogens with zero attached hydrogens (tertiary/aromatic N) is 1. The van der Waals surface area contributed by atoms with Crippen LogP contribution in [0.1, 0.15) is 0 Å². The van der Waals surface area contributed by atoms with E-state index in [2.05, 4.69) is 4.42 Å². The summed E-state index contributed by atoms with van der Waals surface area (Å²) in [6, 6.07) is 4.83. The largest absolute Gasteiger partial charge is 0.497 e. The summed E-state index contributed by atoms with van der Waals surface area (Å²) >= 11 is 0. The lowest BCUT2D eigenvalue weighted by Crippen LogP contribution is -2.22. The van der Waals surface area contributed by atoms with E-state index in [1.54, 1.807) is 18.2 Å². The van der Waals surface area contributed by atoms with E-state index in [4.69, 9.17) is 4.74 Å². The van der Waals surface area contributed by atoms with Gasteiger partial charge in [0.05, 0.1) is 18.0 Å². The van der Waals surface area contributed by atoms with Crippen molar-refractivity contribution in [3.63, 3.8) is 0 Å². The molecule has 0 aliphatic heterocycles. The zero-order chi connectivity index (χ0) is 11.0. The SMILES string of the molecule is COc1ccc2c(=O)oc(=O)n(C)c2c1. The molecule has 2 aromatic rings. The Labute approximate surface area is 84.5 Å². The molecule has 2 rings (SSSR count). The predicted molar refractivity (Wildman–Crippen MR) is 54.3 cm³/mol. The van der Waals surface area contributed by atoms with Crippen molar-refractivity contribution in [2.75, 3.05) is 7.11 Å². The van der Waals surface area contributed by atoms with Crippen LogP contribution in [-0.2, 0) is 7.05 Å². The molecule has 0 N–H and O–H groups in total. The van der Waals surface area contributed by atoms with Crippen LogP contribution in [0.5, 0.6) is 5.75 Å². The molecule has 0 saturated carbocycles. The highest BCUT2D eigenvalue weighted by Crippen LogP contribution is 2.16. The third-order valence-corrected chi connectivity index (χ3v) is 2.24. The van der Waals surface area contributed by atoms with Crippen molar-refractivity contribution in [1.82, 2.24) is 4.57 Å². The van der Waals surface area contributed by atoms with Crippen LogP contribution in [0.2, 0.25) is 0 Å². The van der Waals surface area contributed by atoms with Crippen molar-refractivity contribution < 1.29 is 9.15 Å². The number of hydrogen-bond donors (Lipinski definition) is 0. The van der Waals surface area contributed by atoms with Gasteiger partial charge in [0, 0.05) is 13.1 Å². The Morgan fingerprint density at radius 3 is 2.73 bits per heavy atom. The minimum absolute atomic E-state index is 0.359. The minimum Gasteiger partial charge on any atom is -0.497 e. The van der Waals surface area contributed by atoms with Crippen molar-refractivity contribution >= 4 is 10.9 Å². The summed E-state index contributed by atoms with van der Waals surface area (Å²) in [6.07, 6.45) is 0. The van der Waals surface area contributed by atoms with E-state index in [1.807, 2.05) is 0 Å². The molecule has 78 valence electrons. The molecule has 5 nitrogen and oxygen atoms in total. The van der Waals surface area contributed by atoms with Crippen LogP contribution in [0, 0.1) is 0 Å². The van der Waals surface area contributed by atoms with E-state index >= 15 is 0 Å². The Kier molecular flexibility index (Phi) is 2.07. The molecular weight excluding hydrogens is 198 g/mol. The molecule has 1 aromatic heterocycles. The molecule has 15 heavy (non-hydrogen) atoms. The highest BCUT2D eigenvalue weighted by Gasteiger charge is 2.06. The second kappa shape index (κ2) is 3.27. The summed E-state index contributed by atoms with van der Waals surface area (Å²) < 4.78 is 10.8. The quantitative estimate of drug-likeness (QED) is 0.683. The van der Waals surface area contributed by atoms with Crippen molar-refractivity contribution in [1.29, 1.82) is 0 Å². The Morgan fingerprint density at radius 2 is 2.07 bits per heavy atom. The van der Waals surface area contributed by atoms with Crippen LogP contribution >= 0.6 is 0 Å². The zero-order valence-corrected chi connectivity index (χ0v) is 8.31. The normalized spacial score (nSPS) is 10.5. The van der Waals surface area contributed by atoms with Crippen molar-refractivity contribution in [2.45, 2.75) is 0 Å². The molecule has 0 fully saturated rings. The molecule has 0 unspecified atom stereocenters. The molecular formula is C10H9NO4. The standard InChI is InChI=1S/C10H9NO4/c1-11-8-5-6(14-2)3-4-7(8)9(12)15-10(11)13/h3-5H,1-2H3. The fraction of sp³-hybridized carbons (Fsp3) is 0.200. The van der Waals surface area contributed by atoms with E-state index in [0.717, 1.165) is 0 Å². The van der Waals surface area contributed by atoms with Gasteiger partial charge in [-0.15, -0.1) is 0 Å². The number of aromatic nitrogens is 1. The Balaban J connectivity index is 2.98. The lowest BCUT2D eigenvalue weighted by molar-refractivity contribution is 0.413. The van der Waals surface area contributed by atoms with Crippen LogP contribution in [0.4, 0.5) is 0 Å². The van der Waals surface area contributed by atoms with E-state index < -0.39 is 11.4 Å². The molecule has 0 atom stereocenters. The summed E-state index contributed by atoms with van der Waals surface area (Å²) in [4.78, 5) is 22.5. The van der Waals surface area contributed by atoms with Crippen LogP contribution < -0.4 is 16.1 Å². The first kappa shape index (κ1) is 9.51. The van der Waals surface area contributed by atoms with Gasteiger partial charge in [0.25, 0.3) is 0 Å². The molecule has 0 amide bonds. The monoisotopic (exact) mass is 207 g/mol. The fourth-order valence-electron chi connectivity index (χ4n) is 1.39. The Morgan fingerprint density at radius 1 is 1.33 bits per heavy atom. The van der Waals surface area contributed by atoms with Gasteiger partial charge in [-0.3, -0.25) is 4.57 Å². The highest BCUT2D eigenvalue weighted by atomic mass is 16.5. The van der Waals surface area contributed by atoms with Gasteiger partial charge >= 0.3 is 11.4 Å². The maximum atomic E-state index is 11.3. The summed E-state index contributed by atoms with van der Waals surface area (Å²) in [6.45, 7) is 0. The molecule has 1 aromatic carbocycles. The summed E-state index contributed by atoms with van der Waals surface area (Å²) in [5.41, 5.74) is -0.133. The van der Waals surface area contributed by atoms with Gasteiger partial charge in [0.1, 0.15) is 5.75 Å². The van der Waals surface area contributed by atoms with Gasteiger partial charge in [0.15, 0.2) is 0 Å². The number of rotatable bonds is 1. The van der Waals surface area contributed by atoms with Crippen LogP contribution in [0.25, 0.3) is 10.9 Å². The smallest absolute Gasteiger partial charge is 0.422 e. The topological polar surface area (TPSA) is 61.4 Å². The number of ether oxygens (including phenoxy) is 1. The first-order chi connectivity index (χ1) is 7.13. The van der Waals surface area contributed by atoms with Gasteiger partial charge in [-0.25, -0.2) is 9.59 Å².